The van der Waals surface area contributed by atoms with E-state index in [9.17, 15) is 4.79 Å². The summed E-state index contributed by atoms with van der Waals surface area (Å²) < 4.78 is 0. The van der Waals surface area contributed by atoms with Crippen molar-refractivity contribution in [1.29, 1.82) is 0 Å². The molecule has 1 aromatic heterocycles. The Morgan fingerprint density at radius 3 is 2.94 bits per heavy atom. The lowest BCUT2D eigenvalue weighted by Gasteiger charge is -2.20. The fraction of sp³-hybridized carbons (Fsp3) is 0.417. The highest BCUT2D eigenvalue weighted by atomic mass is 35.5. The highest BCUT2D eigenvalue weighted by Crippen LogP contribution is 2.12. The Hall–Kier alpha value is -0.840. The van der Waals surface area contributed by atoms with Gasteiger partial charge < -0.3 is 10.2 Å². The molecule has 0 bridgehead atoms. The quantitative estimate of drug-likeness (QED) is 0.774. The van der Waals surface area contributed by atoms with Crippen molar-refractivity contribution in [2.45, 2.75) is 13.0 Å². The van der Waals surface area contributed by atoms with Gasteiger partial charge in [0.1, 0.15) is 0 Å². The molecule has 0 fully saturated rings. The molecule has 0 atom stereocenters. The average Bonchev–Trinajstić information content (AvgIpc) is 2.78. The number of amides is 1. The molecule has 17 heavy (non-hydrogen) atoms. The normalized spacial score (nSPS) is 9.47. The van der Waals surface area contributed by atoms with Crippen molar-refractivity contribution in [3.63, 3.8) is 0 Å². The Balaban J connectivity index is 0.00000256. The second kappa shape index (κ2) is 9.22. The molecule has 0 aliphatic carbocycles. The molecule has 5 heteroatoms. The number of hydrogen-bond acceptors (Lipinski definition) is 3. The van der Waals surface area contributed by atoms with Crippen molar-refractivity contribution >= 4 is 29.7 Å². The predicted molar refractivity (Wildman–Crippen MR) is 75.7 cm³/mol. The molecular formula is C12H19ClN2OS. The van der Waals surface area contributed by atoms with Crippen molar-refractivity contribution in [3.05, 3.63) is 35.0 Å². The number of rotatable bonds is 7. The van der Waals surface area contributed by atoms with E-state index in [-0.39, 0.29) is 18.3 Å². The first-order valence-electron chi connectivity index (χ1n) is 5.33. The largest absolute Gasteiger partial charge is 0.334 e. The molecule has 0 unspecified atom stereocenters. The SMILES string of the molecule is C=CCN(Cc1cccs1)C(=O)CCNC.Cl. The van der Waals surface area contributed by atoms with Crippen molar-refractivity contribution in [3.8, 4) is 0 Å². The van der Waals surface area contributed by atoms with Gasteiger partial charge in [0.2, 0.25) is 5.91 Å². The summed E-state index contributed by atoms with van der Waals surface area (Å²) in [5.41, 5.74) is 0. The van der Waals surface area contributed by atoms with E-state index in [1.807, 2.05) is 29.5 Å². The molecule has 0 aliphatic rings. The molecule has 0 aromatic carbocycles. The third-order valence-electron chi connectivity index (χ3n) is 2.22. The first kappa shape index (κ1) is 16.2. The molecule has 0 saturated heterocycles. The van der Waals surface area contributed by atoms with Crippen LogP contribution in [0.25, 0.3) is 0 Å². The van der Waals surface area contributed by atoms with E-state index < -0.39 is 0 Å². The molecule has 1 aromatic rings. The Kier molecular flexibility index (Phi) is 8.76. The molecule has 0 aliphatic heterocycles. The van der Waals surface area contributed by atoms with Crippen LogP contribution in [0.15, 0.2) is 30.2 Å². The van der Waals surface area contributed by atoms with E-state index in [0.29, 0.717) is 19.5 Å². The fourth-order valence-electron chi connectivity index (χ4n) is 1.39. The average molecular weight is 275 g/mol. The maximum Gasteiger partial charge on any atom is 0.224 e. The first-order valence-corrected chi connectivity index (χ1v) is 6.21. The fourth-order valence-corrected chi connectivity index (χ4v) is 2.11. The van der Waals surface area contributed by atoms with Gasteiger partial charge in [-0.15, -0.1) is 30.3 Å². The van der Waals surface area contributed by atoms with Crippen LogP contribution in [0.1, 0.15) is 11.3 Å². The Labute approximate surface area is 113 Å². The van der Waals surface area contributed by atoms with Crippen molar-refractivity contribution < 1.29 is 4.79 Å². The molecule has 1 heterocycles. The van der Waals surface area contributed by atoms with E-state index >= 15 is 0 Å². The highest BCUT2D eigenvalue weighted by Gasteiger charge is 2.12. The van der Waals surface area contributed by atoms with Crippen LogP contribution in [0.5, 0.6) is 0 Å². The molecule has 1 amide bonds. The number of carbonyl (C=O) groups excluding carboxylic acids is 1. The van der Waals surface area contributed by atoms with Gasteiger partial charge in [-0.2, -0.15) is 0 Å². The number of nitrogens with zero attached hydrogens (tertiary/aromatic N) is 1. The lowest BCUT2D eigenvalue weighted by molar-refractivity contribution is -0.131. The zero-order valence-corrected chi connectivity index (χ0v) is 11.6. The smallest absolute Gasteiger partial charge is 0.224 e. The van der Waals surface area contributed by atoms with Crippen molar-refractivity contribution in [2.75, 3.05) is 20.1 Å². The number of thiophene rings is 1. The van der Waals surface area contributed by atoms with Gasteiger partial charge >= 0.3 is 0 Å². The summed E-state index contributed by atoms with van der Waals surface area (Å²) in [4.78, 5) is 14.9. The summed E-state index contributed by atoms with van der Waals surface area (Å²) in [7, 11) is 1.85. The lowest BCUT2D eigenvalue weighted by Crippen LogP contribution is -2.32. The summed E-state index contributed by atoms with van der Waals surface area (Å²) in [6.07, 6.45) is 2.31. The van der Waals surface area contributed by atoms with E-state index in [4.69, 9.17) is 0 Å². The number of halogens is 1. The molecule has 96 valence electrons. The summed E-state index contributed by atoms with van der Waals surface area (Å²) >= 11 is 1.67. The Morgan fingerprint density at radius 2 is 2.41 bits per heavy atom. The van der Waals surface area contributed by atoms with Gasteiger partial charge in [0.05, 0.1) is 6.54 Å². The van der Waals surface area contributed by atoms with Gasteiger partial charge in [-0.25, -0.2) is 0 Å². The van der Waals surface area contributed by atoms with Crippen LogP contribution >= 0.6 is 23.7 Å². The number of hydrogen-bond donors (Lipinski definition) is 1. The van der Waals surface area contributed by atoms with Gasteiger partial charge in [-0.05, 0) is 18.5 Å². The third kappa shape index (κ3) is 5.86. The van der Waals surface area contributed by atoms with Crippen LogP contribution in [-0.4, -0.2) is 30.9 Å². The maximum absolute atomic E-state index is 11.9. The number of nitrogens with one attached hydrogen (secondary N) is 1. The molecular weight excluding hydrogens is 256 g/mol. The van der Waals surface area contributed by atoms with Crippen LogP contribution in [-0.2, 0) is 11.3 Å². The molecule has 0 radical (unpaired) electrons. The second-order valence-corrected chi connectivity index (χ2v) is 4.53. The zero-order valence-electron chi connectivity index (χ0n) is 10.0. The highest BCUT2D eigenvalue weighted by molar-refractivity contribution is 7.09. The second-order valence-electron chi connectivity index (χ2n) is 3.50. The van der Waals surface area contributed by atoms with Gasteiger partial charge in [0.25, 0.3) is 0 Å². The van der Waals surface area contributed by atoms with Gasteiger partial charge in [0.15, 0.2) is 0 Å². The predicted octanol–water partition coefficient (Wildman–Crippen LogP) is 2.29. The van der Waals surface area contributed by atoms with Crippen molar-refractivity contribution in [2.24, 2.45) is 0 Å². The Bertz CT molecular complexity index is 327. The minimum absolute atomic E-state index is 0. The Morgan fingerprint density at radius 1 is 1.65 bits per heavy atom. The summed E-state index contributed by atoms with van der Waals surface area (Å²) in [5.74, 6) is 0.169. The van der Waals surface area contributed by atoms with Crippen LogP contribution < -0.4 is 5.32 Å². The summed E-state index contributed by atoms with van der Waals surface area (Å²) in [6.45, 7) is 5.70. The van der Waals surface area contributed by atoms with Crippen LogP contribution in [0.3, 0.4) is 0 Å². The minimum atomic E-state index is 0. The van der Waals surface area contributed by atoms with Crippen molar-refractivity contribution in [1.82, 2.24) is 10.2 Å². The standard InChI is InChI=1S/C12H18N2OS.ClH/c1-3-8-14(12(15)6-7-13-2)10-11-5-4-9-16-11;/h3-5,9,13H,1,6-8,10H2,2H3;1H. The monoisotopic (exact) mass is 274 g/mol. The summed E-state index contributed by atoms with van der Waals surface area (Å²) in [6, 6.07) is 4.05. The zero-order chi connectivity index (χ0) is 11.8. The molecule has 0 saturated carbocycles. The van der Waals surface area contributed by atoms with Gasteiger partial charge in [0, 0.05) is 24.4 Å². The van der Waals surface area contributed by atoms with Crippen LogP contribution in [0, 0.1) is 0 Å². The van der Waals surface area contributed by atoms with E-state index in [0.717, 1.165) is 6.54 Å². The van der Waals surface area contributed by atoms with Crippen LogP contribution in [0.2, 0.25) is 0 Å². The summed E-state index contributed by atoms with van der Waals surface area (Å²) in [5, 5.41) is 5.01. The van der Waals surface area contributed by atoms with Crippen LogP contribution in [0.4, 0.5) is 0 Å². The third-order valence-corrected chi connectivity index (χ3v) is 3.08. The lowest BCUT2D eigenvalue weighted by atomic mass is 10.3. The first-order chi connectivity index (χ1) is 7.77. The minimum Gasteiger partial charge on any atom is -0.334 e. The number of carbonyl (C=O) groups is 1. The van der Waals surface area contributed by atoms with E-state index in [1.54, 1.807) is 17.4 Å². The molecule has 3 nitrogen and oxygen atoms in total. The van der Waals surface area contributed by atoms with Gasteiger partial charge in [-0.1, -0.05) is 12.1 Å². The maximum atomic E-state index is 11.9. The van der Waals surface area contributed by atoms with Gasteiger partial charge in [-0.3, -0.25) is 4.79 Å². The molecule has 1 rings (SSSR count). The van der Waals surface area contributed by atoms with E-state index in [2.05, 4.69) is 11.9 Å². The molecule has 1 N–H and O–H groups in total. The van der Waals surface area contributed by atoms with E-state index in [1.165, 1.54) is 4.88 Å². The molecule has 0 spiro atoms. The topological polar surface area (TPSA) is 32.3 Å².